The summed E-state index contributed by atoms with van der Waals surface area (Å²) in [7, 11) is 1.89. The molecule has 2 aromatic rings. The van der Waals surface area contributed by atoms with E-state index in [-0.39, 0.29) is 5.82 Å². The molecular weight excluding hydrogens is 179 g/mol. The van der Waals surface area contributed by atoms with Crippen LogP contribution in [0.4, 0.5) is 4.39 Å². The third-order valence-electron chi connectivity index (χ3n) is 2.57. The van der Waals surface area contributed by atoms with Crippen molar-refractivity contribution in [3.8, 4) is 0 Å². The van der Waals surface area contributed by atoms with Gasteiger partial charge in [0.2, 0.25) is 0 Å². The molecule has 0 aliphatic rings. The van der Waals surface area contributed by atoms with E-state index in [0.29, 0.717) is 5.56 Å². The molecule has 0 radical (unpaired) electrons. The average Bonchev–Trinajstić information content (AvgIpc) is 2.42. The van der Waals surface area contributed by atoms with Gasteiger partial charge in [0.05, 0.1) is 5.52 Å². The first-order valence-corrected chi connectivity index (χ1v) is 4.75. The maximum absolute atomic E-state index is 13.2. The molecule has 1 aromatic carbocycles. The first kappa shape index (κ1) is 9.19. The van der Waals surface area contributed by atoms with E-state index in [1.54, 1.807) is 6.92 Å². The van der Waals surface area contributed by atoms with Crippen LogP contribution in [-0.4, -0.2) is 9.78 Å². The highest BCUT2D eigenvalue weighted by Gasteiger charge is 2.09. The Morgan fingerprint density at radius 2 is 2.14 bits per heavy atom. The second-order valence-electron chi connectivity index (χ2n) is 3.54. The molecule has 0 aliphatic heterocycles. The van der Waals surface area contributed by atoms with Crippen molar-refractivity contribution in [2.75, 3.05) is 0 Å². The van der Waals surface area contributed by atoms with E-state index in [0.717, 1.165) is 23.0 Å². The molecule has 0 saturated heterocycles. The van der Waals surface area contributed by atoms with Gasteiger partial charge in [-0.1, -0.05) is 6.92 Å². The van der Waals surface area contributed by atoms with E-state index in [2.05, 4.69) is 12.0 Å². The van der Waals surface area contributed by atoms with E-state index >= 15 is 0 Å². The molecule has 0 aliphatic carbocycles. The van der Waals surface area contributed by atoms with Crippen molar-refractivity contribution >= 4 is 10.9 Å². The summed E-state index contributed by atoms with van der Waals surface area (Å²) < 4.78 is 15.1. The smallest absolute Gasteiger partial charge is 0.128 e. The third kappa shape index (κ3) is 1.20. The summed E-state index contributed by atoms with van der Waals surface area (Å²) in [6.07, 6.45) is 0.915. The van der Waals surface area contributed by atoms with Crippen LogP contribution in [0.2, 0.25) is 0 Å². The van der Waals surface area contributed by atoms with Crippen LogP contribution in [0.3, 0.4) is 0 Å². The first-order chi connectivity index (χ1) is 6.63. The molecule has 2 nitrogen and oxygen atoms in total. The first-order valence-electron chi connectivity index (χ1n) is 4.75. The number of benzene rings is 1. The lowest BCUT2D eigenvalue weighted by molar-refractivity contribution is 0.620. The number of aromatic nitrogens is 2. The quantitative estimate of drug-likeness (QED) is 0.679. The summed E-state index contributed by atoms with van der Waals surface area (Å²) in [5, 5.41) is 5.33. The fourth-order valence-electron chi connectivity index (χ4n) is 1.80. The summed E-state index contributed by atoms with van der Waals surface area (Å²) in [5.41, 5.74) is 2.58. The summed E-state index contributed by atoms with van der Waals surface area (Å²) in [6, 6.07) is 3.38. The third-order valence-corrected chi connectivity index (χ3v) is 2.57. The standard InChI is InChI=1S/C11H13FN2/c1-4-11-8-5-7(2)9(12)6-10(8)13-14(11)3/h5-6H,4H2,1-3H3. The summed E-state index contributed by atoms with van der Waals surface area (Å²) >= 11 is 0. The number of hydrogen-bond acceptors (Lipinski definition) is 1. The highest BCUT2D eigenvalue weighted by molar-refractivity contribution is 5.82. The molecule has 74 valence electrons. The Morgan fingerprint density at radius 1 is 1.43 bits per heavy atom. The van der Waals surface area contributed by atoms with E-state index in [1.165, 1.54) is 6.07 Å². The van der Waals surface area contributed by atoms with E-state index in [9.17, 15) is 4.39 Å². The second-order valence-corrected chi connectivity index (χ2v) is 3.54. The summed E-state index contributed by atoms with van der Waals surface area (Å²) in [4.78, 5) is 0. The van der Waals surface area contributed by atoms with Crippen LogP contribution in [0.25, 0.3) is 10.9 Å². The van der Waals surface area contributed by atoms with Gasteiger partial charge in [0.15, 0.2) is 0 Å². The van der Waals surface area contributed by atoms with Crippen LogP contribution in [0.1, 0.15) is 18.2 Å². The van der Waals surface area contributed by atoms with Gasteiger partial charge < -0.3 is 0 Å². The molecule has 0 amide bonds. The van der Waals surface area contributed by atoms with Gasteiger partial charge in [0.1, 0.15) is 5.82 Å². The van der Waals surface area contributed by atoms with E-state index < -0.39 is 0 Å². The van der Waals surface area contributed by atoms with Crippen molar-refractivity contribution in [2.45, 2.75) is 20.3 Å². The fraction of sp³-hybridized carbons (Fsp3) is 0.364. The number of fused-ring (bicyclic) bond motifs is 1. The lowest BCUT2D eigenvalue weighted by Gasteiger charge is -1.98. The zero-order valence-electron chi connectivity index (χ0n) is 8.63. The van der Waals surface area contributed by atoms with Gasteiger partial charge in [-0.25, -0.2) is 4.39 Å². The maximum atomic E-state index is 13.2. The van der Waals surface area contributed by atoms with Gasteiger partial charge in [-0.05, 0) is 25.0 Å². The number of hydrogen-bond donors (Lipinski definition) is 0. The molecule has 1 heterocycles. The molecule has 0 saturated carbocycles. The van der Waals surface area contributed by atoms with Crippen LogP contribution in [-0.2, 0) is 13.5 Å². The Balaban J connectivity index is 2.82. The topological polar surface area (TPSA) is 17.8 Å². The molecule has 14 heavy (non-hydrogen) atoms. The monoisotopic (exact) mass is 192 g/mol. The van der Waals surface area contributed by atoms with Crippen molar-refractivity contribution < 1.29 is 4.39 Å². The van der Waals surface area contributed by atoms with E-state index in [1.807, 2.05) is 17.8 Å². The lowest BCUT2D eigenvalue weighted by Crippen LogP contribution is -1.95. The number of nitrogens with zero attached hydrogens (tertiary/aromatic N) is 2. The number of halogens is 1. The molecule has 0 unspecified atom stereocenters. The molecule has 0 N–H and O–H groups in total. The predicted molar refractivity (Wildman–Crippen MR) is 54.8 cm³/mol. The zero-order valence-corrected chi connectivity index (χ0v) is 8.63. The second kappa shape index (κ2) is 3.08. The highest BCUT2D eigenvalue weighted by Crippen LogP contribution is 2.21. The lowest BCUT2D eigenvalue weighted by atomic mass is 10.1. The van der Waals surface area contributed by atoms with Gasteiger partial charge in [-0.2, -0.15) is 5.10 Å². The molecule has 3 heteroatoms. The molecular formula is C11H13FN2. The van der Waals surface area contributed by atoms with Crippen molar-refractivity contribution in [3.05, 3.63) is 29.2 Å². The van der Waals surface area contributed by atoms with Crippen LogP contribution in [0, 0.1) is 12.7 Å². The van der Waals surface area contributed by atoms with E-state index in [4.69, 9.17) is 0 Å². The Labute approximate surface area is 82.3 Å². The van der Waals surface area contributed by atoms with Crippen molar-refractivity contribution in [3.63, 3.8) is 0 Å². The molecule has 0 fully saturated rings. The molecule has 1 aromatic heterocycles. The minimum Gasteiger partial charge on any atom is -0.271 e. The molecule has 2 rings (SSSR count). The van der Waals surface area contributed by atoms with Crippen LogP contribution >= 0.6 is 0 Å². The Hall–Kier alpha value is -1.38. The minimum absolute atomic E-state index is 0.182. The number of rotatable bonds is 1. The average molecular weight is 192 g/mol. The van der Waals surface area contributed by atoms with Gasteiger partial charge >= 0.3 is 0 Å². The van der Waals surface area contributed by atoms with Gasteiger partial charge in [-0.15, -0.1) is 0 Å². The summed E-state index contributed by atoms with van der Waals surface area (Å²) in [6.45, 7) is 3.86. The van der Waals surface area contributed by atoms with Crippen molar-refractivity contribution in [2.24, 2.45) is 7.05 Å². The van der Waals surface area contributed by atoms with Crippen molar-refractivity contribution in [1.82, 2.24) is 9.78 Å². The normalized spacial score (nSPS) is 11.1. The Bertz CT molecular complexity index is 485. The fourth-order valence-corrected chi connectivity index (χ4v) is 1.80. The Kier molecular flexibility index (Phi) is 2.02. The summed E-state index contributed by atoms with van der Waals surface area (Å²) in [5.74, 6) is -0.182. The molecule has 0 spiro atoms. The molecule has 0 atom stereocenters. The Morgan fingerprint density at radius 3 is 2.79 bits per heavy atom. The predicted octanol–water partition coefficient (Wildman–Crippen LogP) is 2.58. The minimum atomic E-state index is -0.182. The largest absolute Gasteiger partial charge is 0.271 e. The van der Waals surface area contributed by atoms with Gasteiger partial charge in [0, 0.05) is 24.2 Å². The number of aryl methyl sites for hydroxylation is 3. The SMILES string of the molecule is CCc1c2cc(C)c(F)cc2nn1C. The van der Waals surface area contributed by atoms with Crippen LogP contribution in [0.5, 0.6) is 0 Å². The zero-order chi connectivity index (χ0) is 10.3. The van der Waals surface area contributed by atoms with Crippen molar-refractivity contribution in [1.29, 1.82) is 0 Å². The molecule has 0 bridgehead atoms. The van der Waals surface area contributed by atoms with Gasteiger partial charge in [0.25, 0.3) is 0 Å². The van der Waals surface area contributed by atoms with Crippen LogP contribution in [0.15, 0.2) is 12.1 Å². The van der Waals surface area contributed by atoms with Gasteiger partial charge in [-0.3, -0.25) is 4.68 Å². The van der Waals surface area contributed by atoms with Crippen LogP contribution < -0.4 is 0 Å². The maximum Gasteiger partial charge on any atom is 0.128 e. The highest BCUT2D eigenvalue weighted by atomic mass is 19.1.